The Hall–Kier alpha value is -0.700. The van der Waals surface area contributed by atoms with Gasteiger partial charge >= 0.3 is 0 Å². The van der Waals surface area contributed by atoms with Gasteiger partial charge in [-0.15, -0.1) is 0 Å². The Morgan fingerprint density at radius 1 is 1.40 bits per heavy atom. The Morgan fingerprint density at radius 2 is 2.13 bits per heavy atom. The van der Waals surface area contributed by atoms with E-state index in [2.05, 4.69) is 54.2 Å². The molecule has 1 aliphatic rings. The quantitative estimate of drug-likeness (QED) is 0.777. The lowest BCUT2D eigenvalue weighted by atomic mass is 9.95. The predicted octanol–water partition coefficient (Wildman–Crippen LogP) is 3.59. The summed E-state index contributed by atoms with van der Waals surface area (Å²) in [6, 6.07) is 4.21. The van der Waals surface area contributed by atoms with Crippen LogP contribution in [0.1, 0.15) is 19.4 Å². The number of fused-ring (bicyclic) bond motifs is 1. The third-order valence-electron chi connectivity index (χ3n) is 2.55. The average molecular weight is 270 g/mol. The van der Waals surface area contributed by atoms with Gasteiger partial charge in [-0.3, -0.25) is 0 Å². The highest BCUT2D eigenvalue weighted by Gasteiger charge is 2.24. The van der Waals surface area contributed by atoms with Crippen LogP contribution in [0.4, 0.5) is 5.69 Å². The molecule has 3 heteroatoms. The molecule has 0 aromatic heterocycles. The van der Waals surface area contributed by atoms with E-state index in [1.165, 1.54) is 5.56 Å². The van der Waals surface area contributed by atoms with Crippen molar-refractivity contribution in [3.8, 4) is 5.75 Å². The molecule has 0 spiro atoms. The molecule has 1 heterocycles. The molecule has 0 unspecified atom stereocenters. The summed E-state index contributed by atoms with van der Waals surface area (Å²) in [6.45, 7) is 8.17. The highest BCUT2D eigenvalue weighted by atomic mass is 79.9. The third kappa shape index (κ3) is 2.28. The van der Waals surface area contributed by atoms with Crippen LogP contribution in [0.3, 0.4) is 0 Å². The molecule has 2 rings (SSSR count). The zero-order valence-electron chi connectivity index (χ0n) is 9.36. The van der Waals surface area contributed by atoms with Gasteiger partial charge in [0.25, 0.3) is 0 Å². The van der Waals surface area contributed by atoms with Crippen molar-refractivity contribution < 1.29 is 4.74 Å². The minimum absolute atomic E-state index is 0.173. The summed E-state index contributed by atoms with van der Waals surface area (Å²) in [5.74, 6) is 0.936. The van der Waals surface area contributed by atoms with Gasteiger partial charge in [-0.05, 0) is 40.5 Å². The number of anilines is 1. The van der Waals surface area contributed by atoms with E-state index < -0.39 is 0 Å². The SMILES string of the molecule is Cc1cc(Br)c2c(c1)NCC(C)(C)CO2. The summed E-state index contributed by atoms with van der Waals surface area (Å²) in [6.07, 6.45) is 0. The monoisotopic (exact) mass is 269 g/mol. The fourth-order valence-corrected chi connectivity index (χ4v) is 2.35. The number of halogens is 1. The van der Waals surface area contributed by atoms with Crippen LogP contribution in [-0.4, -0.2) is 13.2 Å². The standard InChI is InChI=1S/C12H16BrNO/c1-8-4-9(13)11-10(5-8)14-6-12(2,3)7-15-11/h4-5,14H,6-7H2,1-3H3. The zero-order chi connectivity index (χ0) is 11.1. The lowest BCUT2D eigenvalue weighted by Crippen LogP contribution is -2.27. The van der Waals surface area contributed by atoms with Gasteiger partial charge in [-0.25, -0.2) is 0 Å². The lowest BCUT2D eigenvalue weighted by molar-refractivity contribution is 0.199. The van der Waals surface area contributed by atoms with Gasteiger partial charge in [0.05, 0.1) is 16.8 Å². The zero-order valence-corrected chi connectivity index (χ0v) is 10.9. The van der Waals surface area contributed by atoms with Crippen LogP contribution in [0.15, 0.2) is 16.6 Å². The maximum Gasteiger partial charge on any atom is 0.156 e. The molecule has 1 aromatic rings. The van der Waals surface area contributed by atoms with E-state index in [0.717, 1.165) is 29.1 Å². The summed E-state index contributed by atoms with van der Waals surface area (Å²) in [7, 11) is 0. The van der Waals surface area contributed by atoms with Crippen molar-refractivity contribution in [1.82, 2.24) is 0 Å². The van der Waals surface area contributed by atoms with E-state index >= 15 is 0 Å². The molecule has 0 fully saturated rings. The number of ether oxygens (including phenoxy) is 1. The largest absolute Gasteiger partial charge is 0.490 e. The maximum atomic E-state index is 5.84. The fraction of sp³-hybridized carbons (Fsp3) is 0.500. The topological polar surface area (TPSA) is 21.3 Å². The van der Waals surface area contributed by atoms with Crippen LogP contribution < -0.4 is 10.1 Å². The number of benzene rings is 1. The first-order valence-corrected chi connectivity index (χ1v) is 5.94. The summed E-state index contributed by atoms with van der Waals surface area (Å²) in [5.41, 5.74) is 2.50. The number of nitrogens with one attached hydrogen (secondary N) is 1. The van der Waals surface area contributed by atoms with Crippen molar-refractivity contribution in [2.75, 3.05) is 18.5 Å². The third-order valence-corrected chi connectivity index (χ3v) is 3.14. The van der Waals surface area contributed by atoms with Gasteiger partial charge in [-0.2, -0.15) is 0 Å². The Kier molecular flexibility index (Phi) is 2.67. The molecular formula is C12H16BrNO. The average Bonchev–Trinajstić information content (AvgIpc) is 2.26. The Balaban J connectivity index is 2.39. The van der Waals surface area contributed by atoms with E-state index in [-0.39, 0.29) is 5.41 Å². The smallest absolute Gasteiger partial charge is 0.156 e. The van der Waals surface area contributed by atoms with Crippen LogP contribution in [-0.2, 0) is 0 Å². The second kappa shape index (κ2) is 3.71. The molecule has 0 atom stereocenters. The molecule has 2 nitrogen and oxygen atoms in total. The van der Waals surface area contributed by atoms with Gasteiger partial charge in [0.15, 0.2) is 5.75 Å². The summed E-state index contributed by atoms with van der Waals surface area (Å²) in [4.78, 5) is 0. The Bertz CT molecular complexity index is 387. The summed E-state index contributed by atoms with van der Waals surface area (Å²) >= 11 is 3.54. The van der Waals surface area contributed by atoms with Crippen molar-refractivity contribution in [3.05, 3.63) is 22.2 Å². The van der Waals surface area contributed by atoms with Crippen molar-refractivity contribution in [2.45, 2.75) is 20.8 Å². The molecule has 1 aromatic carbocycles. The van der Waals surface area contributed by atoms with E-state index in [1.54, 1.807) is 0 Å². The number of hydrogen-bond acceptors (Lipinski definition) is 2. The fourth-order valence-electron chi connectivity index (χ4n) is 1.66. The molecule has 0 saturated carbocycles. The molecule has 15 heavy (non-hydrogen) atoms. The maximum absolute atomic E-state index is 5.84. The van der Waals surface area contributed by atoms with Gasteiger partial charge in [0, 0.05) is 12.0 Å². The molecule has 1 aliphatic heterocycles. The van der Waals surface area contributed by atoms with E-state index in [9.17, 15) is 0 Å². The Morgan fingerprint density at radius 3 is 2.87 bits per heavy atom. The summed E-state index contributed by atoms with van der Waals surface area (Å²) < 4.78 is 6.87. The van der Waals surface area contributed by atoms with Crippen LogP contribution in [0.25, 0.3) is 0 Å². The minimum Gasteiger partial charge on any atom is -0.490 e. The molecule has 0 aliphatic carbocycles. The number of hydrogen-bond donors (Lipinski definition) is 1. The van der Waals surface area contributed by atoms with Crippen LogP contribution >= 0.6 is 15.9 Å². The van der Waals surface area contributed by atoms with E-state index in [1.807, 2.05) is 0 Å². The van der Waals surface area contributed by atoms with Gasteiger partial charge < -0.3 is 10.1 Å². The Labute approximate surface area is 99.1 Å². The molecule has 0 radical (unpaired) electrons. The molecular weight excluding hydrogens is 254 g/mol. The molecule has 0 amide bonds. The molecule has 0 bridgehead atoms. The van der Waals surface area contributed by atoms with Crippen molar-refractivity contribution >= 4 is 21.6 Å². The first-order chi connectivity index (χ1) is 6.98. The summed E-state index contributed by atoms with van der Waals surface area (Å²) in [5, 5.41) is 3.44. The van der Waals surface area contributed by atoms with Gasteiger partial charge in [0.1, 0.15) is 0 Å². The van der Waals surface area contributed by atoms with E-state index in [0.29, 0.717) is 0 Å². The highest BCUT2D eigenvalue weighted by molar-refractivity contribution is 9.10. The van der Waals surface area contributed by atoms with Crippen molar-refractivity contribution in [2.24, 2.45) is 5.41 Å². The highest BCUT2D eigenvalue weighted by Crippen LogP contribution is 2.38. The van der Waals surface area contributed by atoms with E-state index in [4.69, 9.17) is 4.74 Å². The van der Waals surface area contributed by atoms with Crippen molar-refractivity contribution in [3.63, 3.8) is 0 Å². The van der Waals surface area contributed by atoms with Crippen LogP contribution in [0.2, 0.25) is 0 Å². The van der Waals surface area contributed by atoms with Crippen LogP contribution in [0, 0.1) is 12.3 Å². The normalized spacial score (nSPS) is 18.4. The predicted molar refractivity (Wildman–Crippen MR) is 66.6 cm³/mol. The van der Waals surface area contributed by atoms with Crippen molar-refractivity contribution in [1.29, 1.82) is 0 Å². The minimum atomic E-state index is 0.173. The molecule has 0 saturated heterocycles. The number of aryl methyl sites for hydroxylation is 1. The first kappa shape index (κ1) is 10.8. The second-order valence-corrected chi connectivity index (χ2v) is 5.78. The first-order valence-electron chi connectivity index (χ1n) is 5.15. The van der Waals surface area contributed by atoms with Gasteiger partial charge in [0.2, 0.25) is 0 Å². The lowest BCUT2D eigenvalue weighted by Gasteiger charge is -2.20. The second-order valence-electron chi connectivity index (χ2n) is 4.93. The number of rotatable bonds is 0. The molecule has 82 valence electrons. The van der Waals surface area contributed by atoms with Gasteiger partial charge in [-0.1, -0.05) is 13.8 Å². The molecule has 1 N–H and O–H groups in total. The van der Waals surface area contributed by atoms with Crippen LogP contribution in [0.5, 0.6) is 5.75 Å².